The van der Waals surface area contributed by atoms with Crippen LogP contribution in [-0.4, -0.2) is 37.2 Å². The summed E-state index contributed by atoms with van der Waals surface area (Å²) in [6.45, 7) is 8.98. The number of carbonyl (C=O) groups is 3. The second-order valence-corrected chi connectivity index (χ2v) is 19.7. The van der Waals surface area contributed by atoms with E-state index in [-0.39, 0.29) is 31.1 Å². The first-order valence-electron chi connectivity index (χ1n) is 27.9. The lowest BCUT2D eigenvalue weighted by molar-refractivity contribution is -0.167. The van der Waals surface area contributed by atoms with Crippen LogP contribution >= 0.6 is 0 Å². The molecule has 0 fully saturated rings. The summed E-state index contributed by atoms with van der Waals surface area (Å²) in [4.78, 5) is 38.0. The molecule has 0 unspecified atom stereocenters. The van der Waals surface area contributed by atoms with Gasteiger partial charge in [0.1, 0.15) is 13.2 Å². The zero-order valence-corrected chi connectivity index (χ0v) is 42.3. The van der Waals surface area contributed by atoms with E-state index in [4.69, 9.17) is 14.2 Å². The van der Waals surface area contributed by atoms with E-state index >= 15 is 0 Å². The van der Waals surface area contributed by atoms with Gasteiger partial charge in [0.15, 0.2) is 6.10 Å². The second kappa shape index (κ2) is 50.4. The van der Waals surface area contributed by atoms with E-state index in [1.165, 1.54) is 212 Å². The Labute approximate surface area is 387 Å². The molecular formula is C56H108O6. The third-order valence-corrected chi connectivity index (χ3v) is 12.8. The van der Waals surface area contributed by atoms with Gasteiger partial charge < -0.3 is 14.2 Å². The Morgan fingerprint density at radius 1 is 0.306 bits per heavy atom. The summed E-state index contributed by atoms with van der Waals surface area (Å²) in [5, 5.41) is 0. The SMILES string of the molecule is CCCCCCCCCCCCCCCCCCCCC(=O)O[C@H](COC(=O)CCCCCCCCCCCCCCCCCCC)COC(=O)CCCCCCCCC(C)C. The molecule has 62 heavy (non-hydrogen) atoms. The van der Waals surface area contributed by atoms with Crippen molar-refractivity contribution in [3.8, 4) is 0 Å². The molecule has 0 aliphatic carbocycles. The molecule has 0 amide bonds. The maximum absolute atomic E-state index is 12.8. The maximum atomic E-state index is 12.8. The van der Waals surface area contributed by atoms with Crippen LogP contribution in [0.5, 0.6) is 0 Å². The molecule has 0 rings (SSSR count). The first-order valence-corrected chi connectivity index (χ1v) is 27.9. The molecule has 0 N–H and O–H groups in total. The Morgan fingerprint density at radius 3 is 0.790 bits per heavy atom. The van der Waals surface area contributed by atoms with Gasteiger partial charge in [-0.15, -0.1) is 0 Å². The third kappa shape index (κ3) is 49.4. The van der Waals surface area contributed by atoms with E-state index in [9.17, 15) is 14.4 Å². The van der Waals surface area contributed by atoms with Gasteiger partial charge in [-0.3, -0.25) is 14.4 Å². The fourth-order valence-corrected chi connectivity index (χ4v) is 8.57. The van der Waals surface area contributed by atoms with E-state index in [0.717, 1.165) is 63.7 Å². The van der Waals surface area contributed by atoms with E-state index < -0.39 is 6.10 Å². The first kappa shape index (κ1) is 60.4. The number of carbonyl (C=O) groups excluding carboxylic acids is 3. The van der Waals surface area contributed by atoms with Crippen LogP contribution in [0, 0.1) is 5.92 Å². The number of hydrogen-bond donors (Lipinski definition) is 0. The summed E-state index contributed by atoms with van der Waals surface area (Å²) < 4.78 is 16.8. The zero-order chi connectivity index (χ0) is 45.2. The fourth-order valence-electron chi connectivity index (χ4n) is 8.57. The first-order chi connectivity index (χ1) is 30.4. The highest BCUT2D eigenvalue weighted by atomic mass is 16.6. The van der Waals surface area contributed by atoms with Crippen molar-refractivity contribution in [3.05, 3.63) is 0 Å². The molecule has 0 aromatic heterocycles. The molecule has 6 nitrogen and oxygen atoms in total. The molecule has 0 heterocycles. The summed E-state index contributed by atoms with van der Waals surface area (Å²) in [5.74, 6) is -0.0814. The van der Waals surface area contributed by atoms with Gasteiger partial charge in [0.05, 0.1) is 0 Å². The maximum Gasteiger partial charge on any atom is 0.306 e. The van der Waals surface area contributed by atoms with Crippen molar-refractivity contribution < 1.29 is 28.6 Å². The summed E-state index contributed by atoms with van der Waals surface area (Å²) in [6.07, 6.45) is 54.0. The molecule has 0 aliphatic heterocycles. The summed E-state index contributed by atoms with van der Waals surface area (Å²) in [5.41, 5.74) is 0. The number of ether oxygens (including phenoxy) is 3. The van der Waals surface area contributed by atoms with Gasteiger partial charge in [0, 0.05) is 19.3 Å². The molecule has 0 bridgehead atoms. The fraction of sp³-hybridized carbons (Fsp3) is 0.946. The molecule has 0 saturated heterocycles. The highest BCUT2D eigenvalue weighted by Crippen LogP contribution is 2.18. The smallest absolute Gasteiger partial charge is 0.306 e. The Morgan fingerprint density at radius 2 is 0.532 bits per heavy atom. The van der Waals surface area contributed by atoms with Crippen molar-refractivity contribution in [1.29, 1.82) is 0 Å². The lowest BCUT2D eigenvalue weighted by Crippen LogP contribution is -2.30. The van der Waals surface area contributed by atoms with E-state index in [2.05, 4.69) is 27.7 Å². The monoisotopic (exact) mass is 877 g/mol. The van der Waals surface area contributed by atoms with Crippen LogP contribution in [0.1, 0.15) is 317 Å². The van der Waals surface area contributed by atoms with Crippen LogP contribution in [0.3, 0.4) is 0 Å². The van der Waals surface area contributed by atoms with Crippen molar-refractivity contribution in [3.63, 3.8) is 0 Å². The predicted molar refractivity (Wildman–Crippen MR) is 266 cm³/mol. The molecule has 0 aliphatic rings. The minimum Gasteiger partial charge on any atom is -0.462 e. The van der Waals surface area contributed by atoms with Crippen LogP contribution in [0.2, 0.25) is 0 Å². The molecule has 0 aromatic rings. The average Bonchev–Trinajstić information content (AvgIpc) is 3.26. The summed E-state index contributed by atoms with van der Waals surface area (Å²) >= 11 is 0. The number of hydrogen-bond acceptors (Lipinski definition) is 6. The van der Waals surface area contributed by atoms with Gasteiger partial charge in [-0.2, -0.15) is 0 Å². The zero-order valence-electron chi connectivity index (χ0n) is 42.3. The lowest BCUT2D eigenvalue weighted by Gasteiger charge is -2.18. The largest absolute Gasteiger partial charge is 0.462 e. The summed E-state index contributed by atoms with van der Waals surface area (Å²) in [7, 11) is 0. The Balaban J connectivity index is 4.22. The molecule has 0 saturated carbocycles. The van der Waals surface area contributed by atoms with Crippen molar-refractivity contribution in [2.45, 2.75) is 323 Å². The highest BCUT2D eigenvalue weighted by molar-refractivity contribution is 5.71. The van der Waals surface area contributed by atoms with Crippen LogP contribution in [-0.2, 0) is 28.6 Å². The number of unbranched alkanes of at least 4 members (excludes halogenated alkanes) is 38. The van der Waals surface area contributed by atoms with Crippen molar-refractivity contribution in [2.75, 3.05) is 13.2 Å². The third-order valence-electron chi connectivity index (χ3n) is 12.8. The Hall–Kier alpha value is -1.59. The van der Waals surface area contributed by atoms with Gasteiger partial charge in [0.25, 0.3) is 0 Å². The topological polar surface area (TPSA) is 78.9 Å². The van der Waals surface area contributed by atoms with Gasteiger partial charge in [-0.1, -0.05) is 278 Å². The molecule has 0 aromatic carbocycles. The van der Waals surface area contributed by atoms with Crippen molar-refractivity contribution in [2.24, 2.45) is 5.92 Å². The Bertz CT molecular complexity index is 933. The predicted octanol–water partition coefficient (Wildman–Crippen LogP) is 18.2. The standard InChI is InChI=1S/C56H108O6/c1-5-7-9-11-13-15-17-19-21-23-25-27-29-31-33-35-41-45-49-56(59)62-53(51-61-55(58)48-44-40-37-36-38-42-46-52(3)4)50-60-54(57)47-43-39-34-32-30-28-26-24-22-20-18-16-14-12-10-8-6-2/h52-53H,5-51H2,1-4H3/t53-/m1/s1. The van der Waals surface area contributed by atoms with E-state index in [0.29, 0.717) is 19.3 Å². The molecule has 0 spiro atoms. The molecule has 368 valence electrons. The van der Waals surface area contributed by atoms with Crippen LogP contribution in [0.25, 0.3) is 0 Å². The average molecular weight is 877 g/mol. The van der Waals surface area contributed by atoms with Crippen LogP contribution < -0.4 is 0 Å². The lowest BCUT2D eigenvalue weighted by atomic mass is 10.0. The van der Waals surface area contributed by atoms with Gasteiger partial charge >= 0.3 is 17.9 Å². The molecule has 0 radical (unpaired) electrons. The van der Waals surface area contributed by atoms with Crippen molar-refractivity contribution in [1.82, 2.24) is 0 Å². The van der Waals surface area contributed by atoms with Gasteiger partial charge in [-0.05, 0) is 25.2 Å². The van der Waals surface area contributed by atoms with E-state index in [1.807, 2.05) is 0 Å². The quantitative estimate of drug-likeness (QED) is 0.0344. The minimum atomic E-state index is -0.762. The highest BCUT2D eigenvalue weighted by Gasteiger charge is 2.19. The molecule has 1 atom stereocenters. The number of rotatable bonds is 51. The van der Waals surface area contributed by atoms with Crippen LogP contribution in [0.15, 0.2) is 0 Å². The van der Waals surface area contributed by atoms with E-state index in [1.54, 1.807) is 0 Å². The molecular weight excluding hydrogens is 769 g/mol. The minimum absolute atomic E-state index is 0.0632. The van der Waals surface area contributed by atoms with Gasteiger partial charge in [-0.25, -0.2) is 0 Å². The second-order valence-electron chi connectivity index (χ2n) is 19.7. The van der Waals surface area contributed by atoms with Gasteiger partial charge in [0.2, 0.25) is 0 Å². The summed E-state index contributed by atoms with van der Waals surface area (Å²) in [6, 6.07) is 0. The number of esters is 3. The normalized spacial score (nSPS) is 12.0. The molecule has 6 heteroatoms. The Kier molecular flexibility index (Phi) is 49.1. The van der Waals surface area contributed by atoms with Crippen molar-refractivity contribution >= 4 is 17.9 Å². The van der Waals surface area contributed by atoms with Crippen LogP contribution in [0.4, 0.5) is 0 Å².